The highest BCUT2D eigenvalue weighted by Crippen LogP contribution is 2.15. The molecule has 1 aromatic heterocycles. The zero-order valence-corrected chi connectivity index (χ0v) is 21.6. The first-order valence-corrected chi connectivity index (χ1v) is 11.7. The Morgan fingerprint density at radius 2 is 1.48 bits per heavy atom. The molecule has 0 aromatic carbocycles. The Labute approximate surface area is 205 Å². The first kappa shape index (κ1) is 26.1. The summed E-state index contributed by atoms with van der Waals surface area (Å²) in [6, 6.07) is 1.87. The zero-order chi connectivity index (χ0) is 21.0. The van der Waals surface area contributed by atoms with E-state index >= 15 is 0 Å². The Balaban J connectivity index is 0.00000341. The van der Waals surface area contributed by atoms with Crippen molar-refractivity contribution < 1.29 is 0 Å². The molecule has 31 heavy (non-hydrogen) atoms. The highest BCUT2D eigenvalue weighted by atomic mass is 127. The molecule has 0 atom stereocenters. The summed E-state index contributed by atoms with van der Waals surface area (Å²) in [5.41, 5.74) is 0. The normalized spacial score (nSPS) is 19.2. The minimum atomic E-state index is 0. The number of anilines is 1. The third kappa shape index (κ3) is 9.44. The molecule has 1 aromatic rings. The van der Waals surface area contributed by atoms with E-state index in [1.807, 2.05) is 25.5 Å². The molecule has 3 rings (SSSR count). The van der Waals surface area contributed by atoms with E-state index in [9.17, 15) is 0 Å². The van der Waals surface area contributed by atoms with Crippen LogP contribution in [0.5, 0.6) is 0 Å². The van der Waals surface area contributed by atoms with Crippen LogP contribution >= 0.6 is 24.0 Å². The molecule has 2 saturated heterocycles. The van der Waals surface area contributed by atoms with Crippen LogP contribution in [0.3, 0.4) is 0 Å². The van der Waals surface area contributed by atoms with Crippen LogP contribution in [0.1, 0.15) is 32.6 Å². The molecule has 8 nitrogen and oxygen atoms in total. The van der Waals surface area contributed by atoms with Crippen molar-refractivity contribution >= 4 is 35.9 Å². The van der Waals surface area contributed by atoms with E-state index in [1.54, 1.807) is 0 Å². The van der Waals surface area contributed by atoms with Crippen molar-refractivity contribution in [3.63, 3.8) is 0 Å². The molecule has 0 unspecified atom stereocenters. The van der Waals surface area contributed by atoms with E-state index in [4.69, 9.17) is 0 Å². The lowest BCUT2D eigenvalue weighted by atomic mass is 9.99. The van der Waals surface area contributed by atoms with Gasteiger partial charge >= 0.3 is 0 Å². The van der Waals surface area contributed by atoms with Gasteiger partial charge in [0.05, 0.1) is 0 Å². The summed E-state index contributed by atoms with van der Waals surface area (Å²) < 4.78 is 0. The number of guanidine groups is 1. The average Bonchev–Trinajstić information content (AvgIpc) is 2.80. The van der Waals surface area contributed by atoms with Crippen LogP contribution in [0.15, 0.2) is 23.5 Å². The number of piperazine rings is 1. The van der Waals surface area contributed by atoms with Gasteiger partial charge in [0.2, 0.25) is 5.95 Å². The second-order valence-corrected chi connectivity index (χ2v) is 8.53. The third-order valence-corrected chi connectivity index (χ3v) is 6.19. The molecular weight excluding hydrogens is 503 g/mol. The van der Waals surface area contributed by atoms with Crippen LogP contribution in [0, 0.1) is 5.92 Å². The number of halogens is 1. The van der Waals surface area contributed by atoms with Gasteiger partial charge in [-0.3, -0.25) is 9.89 Å². The molecule has 9 heteroatoms. The molecule has 2 aliphatic rings. The number of piperidine rings is 1. The van der Waals surface area contributed by atoms with Gasteiger partial charge in [-0.15, -0.1) is 24.0 Å². The van der Waals surface area contributed by atoms with Gasteiger partial charge in [0, 0.05) is 58.7 Å². The van der Waals surface area contributed by atoms with Crippen molar-refractivity contribution in [1.82, 2.24) is 30.4 Å². The van der Waals surface area contributed by atoms with Gasteiger partial charge in [0.15, 0.2) is 5.96 Å². The number of aliphatic imine (C=N–C) groups is 1. The maximum absolute atomic E-state index is 4.36. The summed E-state index contributed by atoms with van der Waals surface area (Å²) in [6.45, 7) is 13.3. The smallest absolute Gasteiger partial charge is 0.225 e. The molecule has 0 saturated carbocycles. The number of likely N-dealkylation sites (tertiary alicyclic amines) is 1. The Hall–Kier alpha value is -1.20. The molecule has 0 spiro atoms. The van der Waals surface area contributed by atoms with Crippen LogP contribution in [-0.2, 0) is 0 Å². The average molecular weight is 545 g/mol. The van der Waals surface area contributed by atoms with Gasteiger partial charge in [0.1, 0.15) is 0 Å². The fraction of sp³-hybridized carbons (Fsp3) is 0.773. The molecule has 0 radical (unpaired) electrons. The van der Waals surface area contributed by atoms with E-state index in [-0.39, 0.29) is 24.0 Å². The van der Waals surface area contributed by atoms with E-state index in [0.29, 0.717) is 0 Å². The predicted molar refractivity (Wildman–Crippen MR) is 140 cm³/mol. The van der Waals surface area contributed by atoms with Crippen LogP contribution in [0.25, 0.3) is 0 Å². The number of nitrogens with zero attached hydrogens (tertiary/aromatic N) is 6. The topological polar surface area (TPSA) is 71.9 Å². The maximum atomic E-state index is 4.36. The number of rotatable bonds is 9. The van der Waals surface area contributed by atoms with Gasteiger partial charge in [-0.1, -0.05) is 6.92 Å². The maximum Gasteiger partial charge on any atom is 0.225 e. The van der Waals surface area contributed by atoms with Crippen molar-refractivity contribution in [2.45, 2.75) is 32.6 Å². The third-order valence-electron chi connectivity index (χ3n) is 6.19. The molecule has 2 N–H and O–H groups in total. The SMILES string of the molecule is CN=C(NCCCN1CCC(C)CC1)NCCCN1CCN(c2ncccn2)CC1.I. The zero-order valence-electron chi connectivity index (χ0n) is 19.3. The fourth-order valence-electron chi connectivity index (χ4n) is 4.15. The summed E-state index contributed by atoms with van der Waals surface area (Å²) in [4.78, 5) is 20.5. The fourth-order valence-corrected chi connectivity index (χ4v) is 4.15. The monoisotopic (exact) mass is 544 g/mol. The van der Waals surface area contributed by atoms with Gasteiger partial charge < -0.3 is 20.4 Å². The second-order valence-electron chi connectivity index (χ2n) is 8.53. The molecule has 3 heterocycles. The van der Waals surface area contributed by atoms with Crippen molar-refractivity contribution in [1.29, 1.82) is 0 Å². The van der Waals surface area contributed by atoms with Gasteiger partial charge in [0.25, 0.3) is 0 Å². The van der Waals surface area contributed by atoms with Crippen molar-refractivity contribution in [3.05, 3.63) is 18.5 Å². The minimum absolute atomic E-state index is 0. The van der Waals surface area contributed by atoms with Gasteiger partial charge in [-0.2, -0.15) is 0 Å². The van der Waals surface area contributed by atoms with Crippen molar-refractivity contribution in [2.24, 2.45) is 10.9 Å². The highest BCUT2D eigenvalue weighted by Gasteiger charge is 2.18. The second kappa shape index (κ2) is 14.8. The van der Waals surface area contributed by atoms with Gasteiger partial charge in [-0.05, 0) is 63.8 Å². The Kier molecular flexibility index (Phi) is 12.4. The number of nitrogens with one attached hydrogen (secondary N) is 2. The first-order valence-electron chi connectivity index (χ1n) is 11.7. The van der Waals surface area contributed by atoms with Crippen LogP contribution in [0.2, 0.25) is 0 Å². The number of aromatic nitrogens is 2. The minimum Gasteiger partial charge on any atom is -0.356 e. The van der Waals surface area contributed by atoms with Crippen LogP contribution in [-0.4, -0.2) is 98.2 Å². The number of hydrogen-bond acceptors (Lipinski definition) is 6. The van der Waals surface area contributed by atoms with Crippen LogP contribution < -0.4 is 15.5 Å². The summed E-state index contributed by atoms with van der Waals surface area (Å²) in [6.07, 6.45) is 8.63. The summed E-state index contributed by atoms with van der Waals surface area (Å²) in [5, 5.41) is 6.91. The molecule has 0 amide bonds. The Bertz CT molecular complexity index is 613. The Morgan fingerprint density at radius 1 is 0.935 bits per heavy atom. The largest absolute Gasteiger partial charge is 0.356 e. The number of hydrogen-bond donors (Lipinski definition) is 2. The predicted octanol–water partition coefficient (Wildman–Crippen LogP) is 1.89. The standard InChI is InChI=1S/C22H40N8.HI/c1-20-6-14-28(15-7-20)12-4-10-24-21(23-2)25-11-5-13-29-16-18-30(19-17-29)22-26-8-3-9-27-22;/h3,8-9,20H,4-7,10-19H2,1-2H3,(H2,23,24,25);1H. The quantitative estimate of drug-likeness (QED) is 0.213. The van der Waals surface area contributed by atoms with E-state index < -0.39 is 0 Å². The van der Waals surface area contributed by atoms with Crippen molar-refractivity contribution in [3.8, 4) is 0 Å². The molecule has 2 aliphatic heterocycles. The van der Waals surface area contributed by atoms with Gasteiger partial charge in [-0.25, -0.2) is 9.97 Å². The highest BCUT2D eigenvalue weighted by molar-refractivity contribution is 14.0. The first-order chi connectivity index (χ1) is 14.7. The molecular formula is C22H41IN8. The van der Waals surface area contributed by atoms with E-state index in [0.717, 1.165) is 70.1 Å². The molecule has 0 aliphatic carbocycles. The van der Waals surface area contributed by atoms with Crippen LogP contribution in [0.4, 0.5) is 5.95 Å². The Morgan fingerprint density at radius 3 is 2.03 bits per heavy atom. The summed E-state index contributed by atoms with van der Waals surface area (Å²) in [5.74, 6) is 2.68. The summed E-state index contributed by atoms with van der Waals surface area (Å²) >= 11 is 0. The summed E-state index contributed by atoms with van der Waals surface area (Å²) in [7, 11) is 1.85. The lowest BCUT2D eigenvalue weighted by Crippen LogP contribution is -2.47. The molecule has 176 valence electrons. The van der Waals surface area contributed by atoms with E-state index in [2.05, 4.69) is 47.2 Å². The lowest BCUT2D eigenvalue weighted by molar-refractivity contribution is 0.191. The molecule has 0 bridgehead atoms. The van der Waals surface area contributed by atoms with E-state index in [1.165, 1.54) is 38.9 Å². The lowest BCUT2D eigenvalue weighted by Gasteiger charge is -2.34. The van der Waals surface area contributed by atoms with Crippen molar-refractivity contribution in [2.75, 3.05) is 77.4 Å². The molecule has 2 fully saturated rings.